The van der Waals surface area contributed by atoms with E-state index in [2.05, 4.69) is 15.9 Å². The molecular weight excluding hydrogens is 422 g/mol. The average molecular weight is 440 g/mol. The minimum atomic E-state index is -0.476. The number of nitro benzene ring substituents is 1. The van der Waals surface area contributed by atoms with Crippen molar-refractivity contribution in [3.63, 3.8) is 0 Å². The minimum absolute atomic E-state index is 0.0855. The van der Waals surface area contributed by atoms with E-state index < -0.39 is 4.92 Å². The van der Waals surface area contributed by atoms with Gasteiger partial charge in [-0.3, -0.25) is 14.9 Å². The molecule has 7 nitrogen and oxygen atoms in total. The lowest BCUT2D eigenvalue weighted by Gasteiger charge is -2.31. The Kier molecular flexibility index (Phi) is 5.90. The highest BCUT2D eigenvalue weighted by Crippen LogP contribution is 2.29. The Bertz CT molecular complexity index is 820. The number of morpholine rings is 1. The first-order chi connectivity index (χ1) is 12.5. The molecule has 9 heteroatoms. The van der Waals surface area contributed by atoms with E-state index in [-0.39, 0.29) is 11.6 Å². The standard InChI is InChI=1S/C17H18BrN3O4S/c1-19(11-13-3-5-16(18)26-13)17(22)14-10-12(21(23)24)2-4-15(14)20-6-8-25-9-7-20/h2-5,10H,6-9,11H2,1H3. The largest absolute Gasteiger partial charge is 0.378 e. The third-order valence-corrected chi connectivity index (χ3v) is 5.75. The zero-order chi connectivity index (χ0) is 18.7. The fourth-order valence-corrected chi connectivity index (χ4v) is 4.37. The zero-order valence-corrected chi connectivity index (χ0v) is 16.6. The van der Waals surface area contributed by atoms with Crippen molar-refractivity contribution in [2.45, 2.75) is 6.54 Å². The van der Waals surface area contributed by atoms with Crippen LogP contribution in [-0.2, 0) is 11.3 Å². The van der Waals surface area contributed by atoms with Gasteiger partial charge in [-0.2, -0.15) is 0 Å². The second kappa shape index (κ2) is 8.15. The Hall–Kier alpha value is -1.97. The molecule has 26 heavy (non-hydrogen) atoms. The first-order valence-electron chi connectivity index (χ1n) is 8.06. The molecule has 0 radical (unpaired) electrons. The number of amides is 1. The number of carbonyl (C=O) groups excluding carboxylic acids is 1. The average Bonchev–Trinajstić information content (AvgIpc) is 3.06. The highest BCUT2D eigenvalue weighted by atomic mass is 79.9. The van der Waals surface area contributed by atoms with E-state index >= 15 is 0 Å². The van der Waals surface area contributed by atoms with Crippen LogP contribution in [0.15, 0.2) is 34.1 Å². The van der Waals surface area contributed by atoms with Gasteiger partial charge in [-0.05, 0) is 34.1 Å². The Morgan fingerprint density at radius 2 is 2.08 bits per heavy atom. The molecule has 2 aromatic rings. The van der Waals surface area contributed by atoms with Crippen LogP contribution in [0.1, 0.15) is 15.2 Å². The topological polar surface area (TPSA) is 75.9 Å². The van der Waals surface area contributed by atoms with Gasteiger partial charge in [0.05, 0.1) is 39.7 Å². The summed E-state index contributed by atoms with van der Waals surface area (Å²) in [6.07, 6.45) is 0. The van der Waals surface area contributed by atoms with Crippen LogP contribution < -0.4 is 4.90 Å². The highest BCUT2D eigenvalue weighted by molar-refractivity contribution is 9.11. The smallest absolute Gasteiger partial charge is 0.270 e. The van der Waals surface area contributed by atoms with E-state index in [1.807, 2.05) is 17.0 Å². The molecule has 1 saturated heterocycles. The molecular formula is C17H18BrN3O4S. The van der Waals surface area contributed by atoms with Gasteiger partial charge < -0.3 is 14.5 Å². The van der Waals surface area contributed by atoms with Crippen LogP contribution in [-0.4, -0.2) is 49.1 Å². The van der Waals surface area contributed by atoms with Gasteiger partial charge in [0.2, 0.25) is 0 Å². The number of carbonyl (C=O) groups is 1. The summed E-state index contributed by atoms with van der Waals surface area (Å²) in [5, 5.41) is 11.2. The monoisotopic (exact) mass is 439 g/mol. The molecule has 0 atom stereocenters. The predicted octanol–water partition coefficient (Wildman–Crippen LogP) is 3.53. The van der Waals surface area contributed by atoms with Crippen molar-refractivity contribution < 1.29 is 14.5 Å². The lowest BCUT2D eigenvalue weighted by molar-refractivity contribution is -0.384. The first kappa shape index (κ1) is 18.8. The van der Waals surface area contributed by atoms with Crippen LogP contribution >= 0.6 is 27.3 Å². The molecule has 0 saturated carbocycles. The quantitative estimate of drug-likeness (QED) is 0.525. The molecule has 1 aromatic carbocycles. The zero-order valence-electron chi connectivity index (χ0n) is 14.2. The second-order valence-electron chi connectivity index (χ2n) is 5.93. The summed E-state index contributed by atoms with van der Waals surface area (Å²) in [6.45, 7) is 2.90. The first-order valence-corrected chi connectivity index (χ1v) is 9.67. The second-order valence-corrected chi connectivity index (χ2v) is 8.47. The summed E-state index contributed by atoms with van der Waals surface area (Å²) in [5.74, 6) is -0.236. The summed E-state index contributed by atoms with van der Waals surface area (Å²) in [4.78, 5) is 28.4. The van der Waals surface area contributed by atoms with Crippen molar-refractivity contribution >= 4 is 44.5 Å². The molecule has 1 aliphatic rings. The van der Waals surface area contributed by atoms with Crippen LogP contribution in [0.4, 0.5) is 11.4 Å². The number of ether oxygens (including phenoxy) is 1. The minimum Gasteiger partial charge on any atom is -0.378 e. The highest BCUT2D eigenvalue weighted by Gasteiger charge is 2.24. The Morgan fingerprint density at radius 1 is 1.35 bits per heavy atom. The number of hydrogen-bond acceptors (Lipinski definition) is 6. The van der Waals surface area contributed by atoms with E-state index in [4.69, 9.17) is 4.74 Å². The van der Waals surface area contributed by atoms with Crippen LogP contribution in [0.5, 0.6) is 0 Å². The lowest BCUT2D eigenvalue weighted by Crippen LogP contribution is -2.38. The SMILES string of the molecule is CN(Cc1ccc(Br)s1)C(=O)c1cc([N+](=O)[O-])ccc1N1CCOCC1. The van der Waals surface area contributed by atoms with Gasteiger partial charge in [-0.1, -0.05) is 0 Å². The van der Waals surface area contributed by atoms with Crippen molar-refractivity contribution in [2.75, 3.05) is 38.3 Å². The van der Waals surface area contributed by atoms with Crippen LogP contribution in [0.3, 0.4) is 0 Å². The van der Waals surface area contributed by atoms with E-state index in [0.29, 0.717) is 44.1 Å². The number of benzene rings is 1. The van der Waals surface area contributed by atoms with Gasteiger partial charge in [0, 0.05) is 37.1 Å². The van der Waals surface area contributed by atoms with Gasteiger partial charge in [0.1, 0.15) is 0 Å². The fraction of sp³-hybridized carbons (Fsp3) is 0.353. The van der Waals surface area contributed by atoms with Crippen LogP contribution in [0, 0.1) is 10.1 Å². The molecule has 0 bridgehead atoms. The number of rotatable bonds is 5. The van der Waals surface area contributed by atoms with Gasteiger partial charge >= 0.3 is 0 Å². The van der Waals surface area contributed by atoms with Crippen molar-refractivity contribution in [1.29, 1.82) is 0 Å². The van der Waals surface area contributed by atoms with Crippen molar-refractivity contribution in [2.24, 2.45) is 0 Å². The lowest BCUT2D eigenvalue weighted by atomic mass is 10.1. The summed E-state index contributed by atoms with van der Waals surface area (Å²) in [7, 11) is 1.71. The molecule has 0 N–H and O–H groups in total. The van der Waals surface area contributed by atoms with Crippen molar-refractivity contribution in [3.8, 4) is 0 Å². The van der Waals surface area contributed by atoms with Gasteiger partial charge in [0.25, 0.3) is 11.6 Å². The molecule has 138 valence electrons. The van der Waals surface area contributed by atoms with Crippen LogP contribution in [0.2, 0.25) is 0 Å². The number of halogens is 1. The molecule has 0 unspecified atom stereocenters. The normalized spacial score (nSPS) is 14.3. The number of thiophene rings is 1. The maximum Gasteiger partial charge on any atom is 0.270 e. The van der Waals surface area contributed by atoms with Gasteiger partial charge in [-0.25, -0.2) is 0 Å². The maximum absolute atomic E-state index is 13.0. The third kappa shape index (κ3) is 4.22. The molecule has 0 aliphatic carbocycles. The molecule has 0 spiro atoms. The Morgan fingerprint density at radius 3 is 2.69 bits per heavy atom. The van der Waals surface area contributed by atoms with Crippen molar-refractivity contribution in [1.82, 2.24) is 4.90 Å². The molecule has 2 heterocycles. The summed E-state index contributed by atoms with van der Waals surface area (Å²) in [6, 6.07) is 8.36. The van der Waals surface area contributed by atoms with E-state index in [1.54, 1.807) is 29.4 Å². The molecule has 1 aliphatic heterocycles. The molecule has 1 aromatic heterocycles. The van der Waals surface area contributed by atoms with Gasteiger partial charge in [-0.15, -0.1) is 11.3 Å². The summed E-state index contributed by atoms with van der Waals surface area (Å²) < 4.78 is 6.36. The summed E-state index contributed by atoms with van der Waals surface area (Å²) in [5.41, 5.74) is 0.972. The summed E-state index contributed by atoms with van der Waals surface area (Å²) >= 11 is 4.97. The number of nitro groups is 1. The number of nitrogens with zero attached hydrogens (tertiary/aromatic N) is 3. The van der Waals surface area contributed by atoms with Gasteiger partial charge in [0.15, 0.2) is 0 Å². The number of anilines is 1. The van der Waals surface area contributed by atoms with Crippen LogP contribution in [0.25, 0.3) is 0 Å². The third-order valence-electron chi connectivity index (χ3n) is 4.14. The van der Waals surface area contributed by atoms with E-state index in [1.165, 1.54) is 12.1 Å². The Balaban J connectivity index is 1.90. The molecule has 1 amide bonds. The number of non-ortho nitro benzene ring substituents is 1. The van der Waals surface area contributed by atoms with Crippen molar-refractivity contribution in [3.05, 3.63) is 54.7 Å². The molecule has 3 rings (SSSR count). The van der Waals surface area contributed by atoms with E-state index in [0.717, 1.165) is 8.66 Å². The predicted molar refractivity (Wildman–Crippen MR) is 104 cm³/mol. The molecule has 1 fully saturated rings. The maximum atomic E-state index is 13.0. The Labute approximate surface area is 163 Å². The van der Waals surface area contributed by atoms with E-state index in [9.17, 15) is 14.9 Å². The number of hydrogen-bond donors (Lipinski definition) is 0. The fourth-order valence-electron chi connectivity index (χ4n) is 2.84.